The zero-order valence-corrected chi connectivity index (χ0v) is 18.7. The summed E-state index contributed by atoms with van der Waals surface area (Å²) in [4.78, 5) is 25.7. The predicted octanol–water partition coefficient (Wildman–Crippen LogP) is 4.48. The van der Waals surface area contributed by atoms with E-state index >= 15 is 0 Å². The monoisotopic (exact) mass is 446 g/mol. The predicted molar refractivity (Wildman–Crippen MR) is 126 cm³/mol. The first kappa shape index (κ1) is 21.8. The summed E-state index contributed by atoms with van der Waals surface area (Å²) in [6.07, 6.45) is 1.88. The molecule has 0 unspecified atom stereocenters. The normalized spacial score (nSPS) is 19.2. The van der Waals surface area contributed by atoms with E-state index in [1.165, 1.54) is 5.56 Å². The zero-order chi connectivity index (χ0) is 22.7. The first-order valence-electron chi connectivity index (χ1n) is 10.6. The van der Waals surface area contributed by atoms with E-state index in [4.69, 9.17) is 11.6 Å². The summed E-state index contributed by atoms with van der Waals surface area (Å²) in [6, 6.07) is 23.2. The van der Waals surface area contributed by atoms with Gasteiger partial charge < -0.3 is 5.32 Å². The molecule has 0 radical (unpaired) electrons. The Kier molecular flexibility index (Phi) is 6.37. The molecule has 1 fully saturated rings. The van der Waals surface area contributed by atoms with Crippen molar-refractivity contribution in [2.75, 3.05) is 0 Å². The van der Waals surface area contributed by atoms with E-state index in [9.17, 15) is 9.59 Å². The number of hydrazone groups is 1. The average molecular weight is 447 g/mol. The molecule has 2 atom stereocenters. The molecule has 3 aromatic carbocycles. The van der Waals surface area contributed by atoms with E-state index in [-0.39, 0.29) is 11.8 Å². The highest BCUT2D eigenvalue weighted by Crippen LogP contribution is 2.27. The number of amides is 2. The van der Waals surface area contributed by atoms with E-state index in [0.29, 0.717) is 16.5 Å². The van der Waals surface area contributed by atoms with Crippen LogP contribution in [-0.2, 0) is 4.79 Å². The molecule has 4 rings (SSSR count). The quantitative estimate of drug-likeness (QED) is 0.567. The number of hydrogen-bond donors (Lipinski definition) is 2. The van der Waals surface area contributed by atoms with E-state index in [1.807, 2.05) is 36.5 Å². The summed E-state index contributed by atoms with van der Waals surface area (Å²) < 4.78 is 1.76. The Morgan fingerprint density at radius 3 is 2.28 bits per heavy atom. The second kappa shape index (κ2) is 9.37. The summed E-state index contributed by atoms with van der Waals surface area (Å²) in [6.45, 7) is 4.30. The molecule has 1 saturated heterocycles. The van der Waals surface area contributed by atoms with Crippen molar-refractivity contribution >= 4 is 29.6 Å². The van der Waals surface area contributed by atoms with Gasteiger partial charge in [0.05, 0.1) is 0 Å². The Morgan fingerprint density at radius 2 is 1.66 bits per heavy atom. The van der Waals surface area contributed by atoms with Crippen molar-refractivity contribution in [3.05, 3.63) is 106 Å². The van der Waals surface area contributed by atoms with Crippen LogP contribution in [0, 0.1) is 0 Å². The highest BCUT2D eigenvalue weighted by atomic mass is 35.5. The average Bonchev–Trinajstić information content (AvgIpc) is 3.09. The molecule has 1 aliphatic rings. The van der Waals surface area contributed by atoms with Crippen LogP contribution in [0.4, 0.5) is 0 Å². The van der Waals surface area contributed by atoms with Gasteiger partial charge in [-0.3, -0.25) is 9.59 Å². The van der Waals surface area contributed by atoms with Crippen molar-refractivity contribution in [1.82, 2.24) is 10.7 Å². The summed E-state index contributed by atoms with van der Waals surface area (Å²) >= 11 is 6.08. The molecule has 1 aliphatic heterocycles. The number of benzene rings is 3. The molecular weight excluding hydrogens is 422 g/mol. The third-order valence-electron chi connectivity index (χ3n) is 5.56. The third kappa shape index (κ3) is 4.73. The van der Waals surface area contributed by atoms with Gasteiger partial charge >= 0.3 is 5.91 Å². The maximum absolute atomic E-state index is 12.9. The number of halogens is 1. The van der Waals surface area contributed by atoms with Gasteiger partial charge in [0.2, 0.25) is 12.3 Å². The molecule has 0 aliphatic carbocycles. The smallest absolute Gasteiger partial charge is 0.304 e. The second-order valence-corrected chi connectivity index (χ2v) is 8.58. The van der Waals surface area contributed by atoms with E-state index in [0.717, 1.165) is 11.1 Å². The molecule has 162 valence electrons. The lowest BCUT2D eigenvalue weighted by molar-refractivity contribution is -0.596. The SMILES string of the molecule is CC(C)c1ccc(/C=[N+]2\NC(=O)[C@H](NC(=O)c3ccccc3)[C@H]2c2ccc(Cl)cc2)cc1. The lowest BCUT2D eigenvalue weighted by Gasteiger charge is -2.15. The van der Waals surface area contributed by atoms with Gasteiger partial charge in [0, 0.05) is 21.7 Å². The molecule has 6 heteroatoms. The Morgan fingerprint density at radius 1 is 1.00 bits per heavy atom. The number of nitrogens with zero attached hydrogens (tertiary/aromatic N) is 1. The van der Waals surface area contributed by atoms with Crippen LogP contribution < -0.4 is 10.7 Å². The van der Waals surface area contributed by atoms with Gasteiger partial charge in [-0.1, -0.05) is 67.9 Å². The van der Waals surface area contributed by atoms with Gasteiger partial charge in [-0.2, -0.15) is 0 Å². The Hall–Kier alpha value is -3.44. The van der Waals surface area contributed by atoms with Crippen LogP contribution in [0.15, 0.2) is 78.9 Å². The molecule has 0 bridgehead atoms. The lowest BCUT2D eigenvalue weighted by atomic mass is 9.99. The van der Waals surface area contributed by atoms with Gasteiger partial charge in [-0.15, -0.1) is 10.1 Å². The van der Waals surface area contributed by atoms with Gasteiger partial charge in [0.25, 0.3) is 5.91 Å². The van der Waals surface area contributed by atoms with Crippen molar-refractivity contribution in [3.63, 3.8) is 0 Å². The van der Waals surface area contributed by atoms with Crippen molar-refractivity contribution < 1.29 is 14.3 Å². The van der Waals surface area contributed by atoms with Gasteiger partial charge in [-0.25, -0.2) is 0 Å². The van der Waals surface area contributed by atoms with E-state index in [1.54, 1.807) is 41.1 Å². The summed E-state index contributed by atoms with van der Waals surface area (Å²) in [5.41, 5.74) is 6.46. The molecule has 0 aromatic heterocycles. The van der Waals surface area contributed by atoms with Crippen LogP contribution in [-0.4, -0.2) is 28.8 Å². The number of carbonyl (C=O) groups is 2. The molecule has 2 amide bonds. The minimum absolute atomic E-state index is 0.274. The topological polar surface area (TPSA) is 61.2 Å². The number of hydrazine groups is 1. The highest BCUT2D eigenvalue weighted by Gasteiger charge is 2.47. The summed E-state index contributed by atoms with van der Waals surface area (Å²) in [5, 5.41) is 3.51. The third-order valence-corrected chi connectivity index (χ3v) is 5.81. The second-order valence-electron chi connectivity index (χ2n) is 8.15. The Labute approximate surface area is 192 Å². The largest absolute Gasteiger partial charge is 0.334 e. The van der Waals surface area contributed by atoms with Crippen molar-refractivity contribution in [2.24, 2.45) is 0 Å². The molecular formula is C26H25ClN3O2+. The van der Waals surface area contributed by atoms with Gasteiger partial charge in [-0.05, 0) is 47.9 Å². The summed E-state index contributed by atoms with van der Waals surface area (Å²) in [5.74, 6) is -0.132. The highest BCUT2D eigenvalue weighted by molar-refractivity contribution is 6.30. The maximum Gasteiger partial charge on any atom is 0.304 e. The zero-order valence-electron chi connectivity index (χ0n) is 18.0. The van der Waals surface area contributed by atoms with Crippen LogP contribution in [0.5, 0.6) is 0 Å². The lowest BCUT2D eigenvalue weighted by Crippen LogP contribution is -2.42. The fourth-order valence-corrected chi connectivity index (χ4v) is 3.91. The Balaban J connectivity index is 1.69. The Bertz CT molecular complexity index is 1140. The van der Waals surface area contributed by atoms with Crippen LogP contribution in [0.3, 0.4) is 0 Å². The fourth-order valence-electron chi connectivity index (χ4n) is 3.78. The minimum Gasteiger partial charge on any atom is -0.334 e. The molecule has 32 heavy (non-hydrogen) atoms. The first-order valence-corrected chi connectivity index (χ1v) is 11.0. The number of nitrogens with one attached hydrogen (secondary N) is 2. The molecule has 1 heterocycles. The molecule has 0 saturated carbocycles. The van der Waals surface area contributed by atoms with Crippen LogP contribution in [0.1, 0.15) is 52.9 Å². The van der Waals surface area contributed by atoms with E-state index in [2.05, 4.69) is 36.7 Å². The standard InChI is InChI=1S/C26H24ClN3O2/c1-17(2)19-10-8-18(9-11-19)16-30-24(20-12-14-22(27)15-13-20)23(26(32)29-30)28-25(31)21-6-4-3-5-7-21/h3-17,23-24H,1-2H3,(H-,28,29,31,32)/p+1/b30-16-/t23-,24-/m1/s1. The molecule has 5 nitrogen and oxygen atoms in total. The first-order chi connectivity index (χ1) is 15.4. The number of rotatable bonds is 5. The molecule has 2 N–H and O–H groups in total. The van der Waals surface area contributed by atoms with Gasteiger partial charge in [0.15, 0.2) is 6.04 Å². The molecule has 3 aromatic rings. The number of hydrogen-bond acceptors (Lipinski definition) is 2. The minimum atomic E-state index is -0.768. The van der Waals surface area contributed by atoms with E-state index < -0.39 is 12.1 Å². The van der Waals surface area contributed by atoms with Crippen molar-refractivity contribution in [3.8, 4) is 0 Å². The van der Waals surface area contributed by atoms with Crippen LogP contribution in [0.25, 0.3) is 0 Å². The van der Waals surface area contributed by atoms with Crippen molar-refractivity contribution in [2.45, 2.75) is 31.8 Å². The van der Waals surface area contributed by atoms with Crippen LogP contribution >= 0.6 is 11.6 Å². The van der Waals surface area contributed by atoms with Crippen LogP contribution in [0.2, 0.25) is 5.02 Å². The maximum atomic E-state index is 12.9. The fraction of sp³-hybridized carbons (Fsp3) is 0.192. The summed E-state index contributed by atoms with van der Waals surface area (Å²) in [7, 11) is 0. The molecule has 0 spiro atoms. The van der Waals surface area contributed by atoms with Gasteiger partial charge in [0.1, 0.15) is 0 Å². The number of carbonyl (C=O) groups excluding carboxylic acids is 2. The van der Waals surface area contributed by atoms with Crippen molar-refractivity contribution in [1.29, 1.82) is 0 Å².